The number of rotatable bonds is 0. The molecule has 0 spiro atoms. The number of urea groups is 1. The molecule has 0 aromatic heterocycles. The quantitative estimate of drug-likeness (QED) is 0.519. The van der Waals surface area contributed by atoms with Crippen LogP contribution in [0.25, 0.3) is 0 Å². The van der Waals surface area contributed by atoms with Crippen LogP contribution in [0.15, 0.2) is 0 Å². The molecule has 0 saturated carbocycles. The number of piperidine rings is 1. The first-order valence-corrected chi connectivity index (χ1v) is 4.19. The second-order valence-electron chi connectivity index (χ2n) is 2.87. The molecule has 62 valence electrons. The van der Waals surface area contributed by atoms with Crippen LogP contribution in [0.4, 0.5) is 4.79 Å². The number of nitrogens with one attached hydrogen (secondary N) is 2. The Kier molecular flexibility index (Phi) is 1.65. The average Bonchev–Trinajstić information content (AvgIpc) is 2.35. The lowest BCUT2D eigenvalue weighted by atomic mass is 10.1. The van der Waals surface area contributed by atoms with E-state index in [1.54, 1.807) is 4.90 Å². The van der Waals surface area contributed by atoms with Gasteiger partial charge < -0.3 is 4.90 Å². The summed E-state index contributed by atoms with van der Waals surface area (Å²) in [4.78, 5) is 12.8. The molecule has 0 aliphatic carbocycles. The minimum Gasteiger partial charge on any atom is -0.305 e. The molecule has 2 heterocycles. The molecule has 0 radical (unpaired) electrons. The molecule has 2 fully saturated rings. The standard InChI is InChI=1S/C6H10ClN3O/c7-4-2-1-3-10-5(4)8-9-6(10)11/h4-5,8H,1-3H2,(H,9,11). The fourth-order valence-corrected chi connectivity index (χ4v) is 1.91. The molecular weight excluding hydrogens is 166 g/mol. The third-order valence-electron chi connectivity index (χ3n) is 2.15. The molecule has 0 bridgehead atoms. The van der Waals surface area contributed by atoms with E-state index >= 15 is 0 Å². The molecule has 0 aromatic carbocycles. The number of halogens is 1. The number of amides is 2. The monoisotopic (exact) mass is 175 g/mol. The van der Waals surface area contributed by atoms with Crippen LogP contribution >= 0.6 is 11.6 Å². The van der Waals surface area contributed by atoms with E-state index in [-0.39, 0.29) is 17.6 Å². The predicted octanol–water partition coefficient (Wildman–Crippen LogP) is 0.243. The molecule has 2 saturated heterocycles. The Morgan fingerprint density at radius 3 is 3.18 bits per heavy atom. The Balaban J connectivity index is 2.12. The van der Waals surface area contributed by atoms with E-state index in [1.165, 1.54) is 0 Å². The molecule has 2 atom stereocenters. The van der Waals surface area contributed by atoms with Gasteiger partial charge in [-0.05, 0) is 12.8 Å². The largest absolute Gasteiger partial charge is 0.333 e. The number of fused-ring (bicyclic) bond motifs is 1. The number of hydrogen-bond donors (Lipinski definition) is 2. The van der Waals surface area contributed by atoms with Crippen molar-refractivity contribution in [3.63, 3.8) is 0 Å². The van der Waals surface area contributed by atoms with Gasteiger partial charge >= 0.3 is 6.03 Å². The van der Waals surface area contributed by atoms with Gasteiger partial charge in [-0.15, -0.1) is 11.6 Å². The highest BCUT2D eigenvalue weighted by Gasteiger charge is 2.37. The van der Waals surface area contributed by atoms with Gasteiger partial charge in [-0.2, -0.15) is 0 Å². The summed E-state index contributed by atoms with van der Waals surface area (Å²) < 4.78 is 0. The molecule has 2 unspecified atom stereocenters. The van der Waals surface area contributed by atoms with Crippen LogP contribution in [0.3, 0.4) is 0 Å². The summed E-state index contributed by atoms with van der Waals surface area (Å²) in [5.74, 6) is 0. The van der Waals surface area contributed by atoms with Crippen LogP contribution in [-0.2, 0) is 0 Å². The highest BCUT2D eigenvalue weighted by molar-refractivity contribution is 6.21. The predicted molar refractivity (Wildman–Crippen MR) is 41.0 cm³/mol. The van der Waals surface area contributed by atoms with E-state index < -0.39 is 0 Å². The first-order valence-electron chi connectivity index (χ1n) is 3.75. The van der Waals surface area contributed by atoms with E-state index in [0.717, 1.165) is 19.4 Å². The molecule has 2 amide bonds. The molecule has 2 rings (SSSR count). The SMILES string of the molecule is O=C1NNC2C(Cl)CCCN12. The molecule has 0 aromatic rings. The first kappa shape index (κ1) is 7.18. The van der Waals surface area contributed by atoms with E-state index in [0.29, 0.717) is 0 Å². The van der Waals surface area contributed by atoms with Gasteiger partial charge in [0.25, 0.3) is 0 Å². The van der Waals surface area contributed by atoms with Crippen LogP contribution in [0.5, 0.6) is 0 Å². The minimum absolute atomic E-state index is 0.00193. The van der Waals surface area contributed by atoms with Gasteiger partial charge in [0.2, 0.25) is 0 Å². The molecular formula is C6H10ClN3O. The summed E-state index contributed by atoms with van der Waals surface area (Å²) in [5.41, 5.74) is 5.40. The zero-order valence-corrected chi connectivity index (χ0v) is 6.77. The Morgan fingerprint density at radius 2 is 2.45 bits per heavy atom. The zero-order chi connectivity index (χ0) is 7.84. The summed E-state index contributed by atoms with van der Waals surface area (Å²) in [6.07, 6.45) is 1.97. The van der Waals surface area contributed by atoms with Crippen molar-refractivity contribution in [3.05, 3.63) is 0 Å². The van der Waals surface area contributed by atoms with Crippen molar-refractivity contribution in [2.45, 2.75) is 24.4 Å². The molecule has 11 heavy (non-hydrogen) atoms. The third-order valence-corrected chi connectivity index (χ3v) is 2.60. The van der Waals surface area contributed by atoms with Crippen LogP contribution in [0.1, 0.15) is 12.8 Å². The number of carbonyl (C=O) groups excluding carboxylic acids is 1. The fraction of sp³-hybridized carbons (Fsp3) is 0.833. The molecule has 2 aliphatic heterocycles. The lowest BCUT2D eigenvalue weighted by molar-refractivity contribution is 0.181. The van der Waals surface area contributed by atoms with Gasteiger partial charge in [0.15, 0.2) is 0 Å². The van der Waals surface area contributed by atoms with Gasteiger partial charge in [0.1, 0.15) is 6.17 Å². The zero-order valence-electron chi connectivity index (χ0n) is 6.01. The maximum Gasteiger partial charge on any atom is 0.333 e. The van der Waals surface area contributed by atoms with Crippen molar-refractivity contribution < 1.29 is 4.79 Å². The summed E-state index contributed by atoms with van der Waals surface area (Å²) in [6.45, 7) is 0.812. The number of hydrazine groups is 1. The number of hydrogen-bond acceptors (Lipinski definition) is 2. The number of nitrogens with zero attached hydrogens (tertiary/aromatic N) is 1. The number of carbonyl (C=O) groups is 1. The van der Waals surface area contributed by atoms with Gasteiger partial charge in [-0.25, -0.2) is 10.2 Å². The van der Waals surface area contributed by atoms with Gasteiger partial charge in [-0.1, -0.05) is 0 Å². The second-order valence-corrected chi connectivity index (χ2v) is 3.43. The Morgan fingerprint density at radius 1 is 1.64 bits per heavy atom. The van der Waals surface area contributed by atoms with Crippen molar-refractivity contribution in [2.75, 3.05) is 6.54 Å². The summed E-state index contributed by atoms with van der Waals surface area (Å²) >= 11 is 5.99. The number of alkyl halides is 1. The average molecular weight is 176 g/mol. The maximum atomic E-state index is 11.0. The van der Waals surface area contributed by atoms with Crippen molar-refractivity contribution in [3.8, 4) is 0 Å². The molecule has 4 nitrogen and oxygen atoms in total. The van der Waals surface area contributed by atoms with Gasteiger partial charge in [0.05, 0.1) is 5.38 Å². The van der Waals surface area contributed by atoms with Gasteiger partial charge in [-0.3, -0.25) is 5.43 Å². The summed E-state index contributed by atoms with van der Waals surface area (Å²) in [6, 6.07) is -0.0552. The Labute approximate surface area is 69.8 Å². The van der Waals surface area contributed by atoms with Crippen LogP contribution in [0.2, 0.25) is 0 Å². The normalized spacial score (nSPS) is 36.8. The fourth-order valence-electron chi connectivity index (χ4n) is 1.55. The van der Waals surface area contributed by atoms with Crippen LogP contribution < -0.4 is 10.9 Å². The second kappa shape index (κ2) is 2.53. The van der Waals surface area contributed by atoms with E-state index in [4.69, 9.17) is 11.6 Å². The Bertz CT molecular complexity index is 187. The summed E-state index contributed by atoms with van der Waals surface area (Å²) in [5, 5.41) is 0.0442. The molecule has 5 heteroatoms. The van der Waals surface area contributed by atoms with E-state index in [9.17, 15) is 4.79 Å². The lowest BCUT2D eigenvalue weighted by Crippen LogP contribution is -2.47. The van der Waals surface area contributed by atoms with Crippen molar-refractivity contribution in [2.24, 2.45) is 0 Å². The topological polar surface area (TPSA) is 44.4 Å². The first-order chi connectivity index (χ1) is 5.29. The molecule has 2 N–H and O–H groups in total. The maximum absolute atomic E-state index is 11.0. The van der Waals surface area contributed by atoms with E-state index in [2.05, 4.69) is 10.9 Å². The minimum atomic E-state index is -0.0552. The van der Waals surface area contributed by atoms with E-state index in [1.807, 2.05) is 0 Å². The third kappa shape index (κ3) is 1.06. The van der Waals surface area contributed by atoms with Crippen molar-refractivity contribution in [1.82, 2.24) is 15.8 Å². The highest BCUT2D eigenvalue weighted by atomic mass is 35.5. The smallest absolute Gasteiger partial charge is 0.305 e. The highest BCUT2D eigenvalue weighted by Crippen LogP contribution is 2.22. The van der Waals surface area contributed by atoms with Gasteiger partial charge in [0, 0.05) is 6.54 Å². The lowest BCUT2D eigenvalue weighted by Gasteiger charge is -2.30. The summed E-state index contributed by atoms with van der Waals surface area (Å²) in [7, 11) is 0. The van der Waals surface area contributed by atoms with Crippen molar-refractivity contribution >= 4 is 17.6 Å². The van der Waals surface area contributed by atoms with Crippen LogP contribution in [0, 0.1) is 0 Å². The van der Waals surface area contributed by atoms with Crippen LogP contribution in [-0.4, -0.2) is 29.0 Å². The molecule has 2 aliphatic rings. The van der Waals surface area contributed by atoms with Crippen molar-refractivity contribution in [1.29, 1.82) is 0 Å². The Hall–Kier alpha value is -0.480.